The van der Waals surface area contributed by atoms with Crippen LogP contribution < -0.4 is 15.4 Å². The first-order chi connectivity index (χ1) is 14.1. The van der Waals surface area contributed by atoms with E-state index in [9.17, 15) is 14.4 Å². The van der Waals surface area contributed by atoms with Crippen molar-refractivity contribution < 1.29 is 19.1 Å². The van der Waals surface area contributed by atoms with E-state index in [0.717, 1.165) is 32.1 Å². The molecular formula is C22H31N3O4. The van der Waals surface area contributed by atoms with Crippen molar-refractivity contribution in [1.29, 1.82) is 0 Å². The van der Waals surface area contributed by atoms with E-state index >= 15 is 0 Å². The minimum absolute atomic E-state index is 0.0719. The highest BCUT2D eigenvalue weighted by Crippen LogP contribution is 2.29. The third-order valence-corrected chi connectivity index (χ3v) is 5.64. The van der Waals surface area contributed by atoms with Gasteiger partial charge < -0.3 is 20.3 Å². The van der Waals surface area contributed by atoms with Gasteiger partial charge in [0.25, 0.3) is 5.91 Å². The summed E-state index contributed by atoms with van der Waals surface area (Å²) in [5.74, 6) is 0.373. The molecule has 3 amide bonds. The number of carbonyl (C=O) groups excluding carboxylic acids is 3. The van der Waals surface area contributed by atoms with Gasteiger partial charge in [-0.3, -0.25) is 14.4 Å². The lowest BCUT2D eigenvalue weighted by Gasteiger charge is -2.30. The summed E-state index contributed by atoms with van der Waals surface area (Å²) < 4.78 is 5.48. The molecule has 1 aliphatic heterocycles. The third kappa shape index (κ3) is 5.71. The smallest absolute Gasteiger partial charge is 0.257 e. The predicted octanol–water partition coefficient (Wildman–Crippen LogP) is 2.71. The molecule has 29 heavy (non-hydrogen) atoms. The molecule has 0 spiro atoms. The van der Waals surface area contributed by atoms with Crippen LogP contribution in [0.4, 0.5) is 5.69 Å². The van der Waals surface area contributed by atoms with E-state index < -0.39 is 6.04 Å². The van der Waals surface area contributed by atoms with Crippen LogP contribution in [0.3, 0.4) is 0 Å². The zero-order valence-electron chi connectivity index (χ0n) is 17.1. The fraction of sp³-hybridized carbons (Fsp3) is 0.591. The number of anilines is 1. The van der Waals surface area contributed by atoms with Crippen molar-refractivity contribution >= 4 is 23.4 Å². The first-order valence-corrected chi connectivity index (χ1v) is 10.7. The van der Waals surface area contributed by atoms with Crippen LogP contribution in [0.5, 0.6) is 5.75 Å². The molecule has 7 nitrogen and oxygen atoms in total. The molecule has 1 heterocycles. The van der Waals surface area contributed by atoms with Crippen molar-refractivity contribution in [3.8, 4) is 5.75 Å². The summed E-state index contributed by atoms with van der Waals surface area (Å²) in [7, 11) is 0. The summed E-state index contributed by atoms with van der Waals surface area (Å²) in [6, 6.07) is 6.56. The molecule has 1 atom stereocenters. The summed E-state index contributed by atoms with van der Waals surface area (Å²) in [5, 5.41) is 5.58. The first kappa shape index (κ1) is 21.1. The van der Waals surface area contributed by atoms with Gasteiger partial charge in [-0.1, -0.05) is 25.3 Å². The number of ether oxygens (including phenoxy) is 1. The summed E-state index contributed by atoms with van der Waals surface area (Å²) in [5.41, 5.74) is 0.598. The largest absolute Gasteiger partial charge is 0.484 e. The Bertz CT molecular complexity index is 731. The molecule has 1 saturated carbocycles. The Morgan fingerprint density at radius 1 is 1.10 bits per heavy atom. The minimum atomic E-state index is -0.413. The number of benzene rings is 1. The molecule has 0 radical (unpaired) electrons. The van der Waals surface area contributed by atoms with Crippen LogP contribution in [-0.4, -0.2) is 48.4 Å². The Hall–Kier alpha value is -2.57. The van der Waals surface area contributed by atoms with E-state index in [-0.39, 0.29) is 30.2 Å². The zero-order chi connectivity index (χ0) is 20.6. The molecule has 1 aliphatic carbocycles. The van der Waals surface area contributed by atoms with E-state index in [1.165, 1.54) is 6.42 Å². The normalized spacial score (nSPS) is 19.6. The summed E-state index contributed by atoms with van der Waals surface area (Å²) in [4.78, 5) is 39.1. The van der Waals surface area contributed by atoms with Crippen molar-refractivity contribution in [3.05, 3.63) is 24.3 Å². The molecular weight excluding hydrogens is 370 g/mol. The van der Waals surface area contributed by atoms with E-state index in [2.05, 4.69) is 10.6 Å². The lowest BCUT2D eigenvalue weighted by Crippen LogP contribution is -2.46. The van der Waals surface area contributed by atoms with Crippen molar-refractivity contribution in [2.75, 3.05) is 25.0 Å². The average molecular weight is 402 g/mol. The highest BCUT2D eigenvalue weighted by atomic mass is 16.5. The maximum Gasteiger partial charge on any atom is 0.257 e. The van der Waals surface area contributed by atoms with Gasteiger partial charge in [-0.25, -0.2) is 0 Å². The van der Waals surface area contributed by atoms with Gasteiger partial charge in [-0.2, -0.15) is 0 Å². The van der Waals surface area contributed by atoms with Gasteiger partial charge in [0.1, 0.15) is 11.8 Å². The predicted molar refractivity (Wildman–Crippen MR) is 111 cm³/mol. The molecule has 1 unspecified atom stereocenters. The monoisotopic (exact) mass is 401 g/mol. The molecule has 2 fully saturated rings. The lowest BCUT2D eigenvalue weighted by molar-refractivity contribution is -0.141. The molecule has 2 aliphatic rings. The van der Waals surface area contributed by atoms with Crippen LogP contribution in [0.2, 0.25) is 0 Å². The molecule has 1 aromatic carbocycles. The standard InChI is InChI=1S/C22H31N3O4/c1-2-23-20(26)15-29-18-11-6-10-17(14-18)24-21(27)19-12-7-13-25(19)22(28)16-8-4-3-5-9-16/h6,10-11,14,16,19H,2-5,7-9,12-13,15H2,1H3,(H,23,26)(H,24,27). The van der Waals surface area contributed by atoms with Crippen LogP contribution in [-0.2, 0) is 14.4 Å². The number of rotatable bonds is 7. The summed E-state index contributed by atoms with van der Waals surface area (Å²) >= 11 is 0. The number of carbonyl (C=O) groups is 3. The Kier molecular flexibility index (Phi) is 7.49. The minimum Gasteiger partial charge on any atom is -0.484 e. The van der Waals surface area contributed by atoms with Crippen molar-refractivity contribution in [2.24, 2.45) is 5.92 Å². The molecule has 0 bridgehead atoms. The van der Waals surface area contributed by atoms with Crippen LogP contribution in [0.25, 0.3) is 0 Å². The number of amides is 3. The van der Waals surface area contributed by atoms with Crippen LogP contribution >= 0.6 is 0 Å². The van der Waals surface area contributed by atoms with Crippen molar-refractivity contribution in [1.82, 2.24) is 10.2 Å². The van der Waals surface area contributed by atoms with E-state index in [1.54, 1.807) is 29.2 Å². The fourth-order valence-electron chi connectivity index (χ4n) is 4.17. The number of likely N-dealkylation sites (N-methyl/N-ethyl adjacent to an activating group) is 1. The van der Waals surface area contributed by atoms with Gasteiger partial charge in [-0.15, -0.1) is 0 Å². The highest BCUT2D eigenvalue weighted by molar-refractivity contribution is 5.98. The Morgan fingerprint density at radius 3 is 2.66 bits per heavy atom. The molecule has 7 heteroatoms. The number of hydrogen-bond acceptors (Lipinski definition) is 4. The molecule has 1 aromatic rings. The van der Waals surface area contributed by atoms with Gasteiger partial charge in [-0.05, 0) is 44.7 Å². The maximum atomic E-state index is 12.9. The van der Waals surface area contributed by atoms with E-state index in [4.69, 9.17) is 4.74 Å². The number of likely N-dealkylation sites (tertiary alicyclic amines) is 1. The maximum absolute atomic E-state index is 12.9. The quantitative estimate of drug-likeness (QED) is 0.735. The second-order valence-electron chi connectivity index (χ2n) is 7.78. The van der Waals surface area contributed by atoms with Gasteiger partial charge in [0.2, 0.25) is 11.8 Å². The molecule has 3 rings (SSSR count). The zero-order valence-corrected chi connectivity index (χ0v) is 17.1. The Balaban J connectivity index is 1.58. The first-order valence-electron chi connectivity index (χ1n) is 10.7. The van der Waals surface area contributed by atoms with Crippen molar-refractivity contribution in [2.45, 2.75) is 57.9 Å². The number of hydrogen-bond donors (Lipinski definition) is 2. The topological polar surface area (TPSA) is 87.7 Å². The summed E-state index contributed by atoms with van der Waals surface area (Å²) in [6.45, 7) is 2.98. The Morgan fingerprint density at radius 2 is 1.90 bits per heavy atom. The van der Waals surface area contributed by atoms with Gasteiger partial charge in [0, 0.05) is 30.8 Å². The van der Waals surface area contributed by atoms with Crippen LogP contribution in [0, 0.1) is 5.92 Å². The molecule has 2 N–H and O–H groups in total. The number of nitrogens with one attached hydrogen (secondary N) is 2. The lowest BCUT2D eigenvalue weighted by atomic mass is 9.88. The number of nitrogens with zero attached hydrogens (tertiary/aromatic N) is 1. The third-order valence-electron chi connectivity index (χ3n) is 5.64. The Labute approximate surface area is 172 Å². The van der Waals surface area contributed by atoms with Crippen molar-refractivity contribution in [3.63, 3.8) is 0 Å². The highest BCUT2D eigenvalue weighted by Gasteiger charge is 2.37. The summed E-state index contributed by atoms with van der Waals surface area (Å²) in [6.07, 6.45) is 6.83. The second kappa shape index (κ2) is 10.3. The van der Waals surface area contributed by atoms with Crippen LogP contribution in [0.15, 0.2) is 24.3 Å². The molecule has 1 saturated heterocycles. The van der Waals surface area contributed by atoms with Crippen LogP contribution in [0.1, 0.15) is 51.9 Å². The van der Waals surface area contributed by atoms with Gasteiger partial charge in [0.05, 0.1) is 0 Å². The molecule has 0 aromatic heterocycles. The van der Waals surface area contributed by atoms with Gasteiger partial charge in [0.15, 0.2) is 6.61 Å². The molecule has 158 valence electrons. The fourth-order valence-corrected chi connectivity index (χ4v) is 4.17. The van der Waals surface area contributed by atoms with E-state index in [0.29, 0.717) is 30.9 Å². The average Bonchev–Trinajstić information content (AvgIpc) is 3.23. The van der Waals surface area contributed by atoms with E-state index in [1.807, 2.05) is 6.92 Å². The van der Waals surface area contributed by atoms with Gasteiger partial charge >= 0.3 is 0 Å². The second-order valence-corrected chi connectivity index (χ2v) is 7.78. The SMILES string of the molecule is CCNC(=O)COc1cccc(NC(=O)C2CCCN2C(=O)C2CCCCC2)c1.